The highest BCUT2D eigenvalue weighted by atomic mass is 19.3. The molecule has 11 heteroatoms. The number of anilines is 1. The molecule has 3 N–H and O–H groups in total. The number of amidine groups is 1. The van der Waals surface area contributed by atoms with Crippen molar-refractivity contribution in [3.63, 3.8) is 0 Å². The van der Waals surface area contributed by atoms with Crippen molar-refractivity contribution >= 4 is 17.4 Å². The summed E-state index contributed by atoms with van der Waals surface area (Å²) in [7, 11) is 1.30. The van der Waals surface area contributed by atoms with E-state index >= 15 is 0 Å². The molecular formula is C20H21F2N3O6. The van der Waals surface area contributed by atoms with Gasteiger partial charge in [0.05, 0.1) is 7.11 Å². The summed E-state index contributed by atoms with van der Waals surface area (Å²) in [6.07, 6.45) is -0.977. The summed E-state index contributed by atoms with van der Waals surface area (Å²) in [6.45, 7) is -0.610. The number of halogens is 2. The number of methoxy groups -OCH3 is 1. The maximum Gasteiger partial charge on any atom is 0.387 e. The van der Waals surface area contributed by atoms with E-state index in [0.717, 1.165) is 0 Å². The maximum atomic E-state index is 12.4. The minimum atomic E-state index is -3.00. The molecule has 1 aliphatic heterocycles. The number of carbonyl (C=O) groups excluding carboxylic acids is 1. The average molecular weight is 437 g/mol. The summed E-state index contributed by atoms with van der Waals surface area (Å²) in [5, 5.41) is 6.42. The van der Waals surface area contributed by atoms with Crippen LogP contribution in [0, 0.1) is 0 Å². The largest absolute Gasteiger partial charge is 0.493 e. The summed E-state index contributed by atoms with van der Waals surface area (Å²) in [4.78, 5) is 17.5. The van der Waals surface area contributed by atoms with Gasteiger partial charge in [-0.1, -0.05) is 5.16 Å². The number of amides is 1. The van der Waals surface area contributed by atoms with Crippen molar-refractivity contribution in [2.75, 3.05) is 25.6 Å². The molecule has 0 aromatic heterocycles. The molecule has 2 aromatic rings. The highest BCUT2D eigenvalue weighted by molar-refractivity contribution is 5.98. The van der Waals surface area contributed by atoms with E-state index in [-0.39, 0.29) is 17.3 Å². The Morgan fingerprint density at radius 1 is 1.13 bits per heavy atom. The van der Waals surface area contributed by atoms with Gasteiger partial charge in [0.1, 0.15) is 13.2 Å². The van der Waals surface area contributed by atoms with E-state index in [4.69, 9.17) is 24.8 Å². The van der Waals surface area contributed by atoms with Gasteiger partial charge >= 0.3 is 6.61 Å². The lowest BCUT2D eigenvalue weighted by Gasteiger charge is -2.19. The fraction of sp³-hybridized carbons (Fsp3) is 0.300. The Hall–Kier alpha value is -3.76. The van der Waals surface area contributed by atoms with Gasteiger partial charge in [0.25, 0.3) is 5.91 Å². The van der Waals surface area contributed by atoms with Crippen molar-refractivity contribution in [2.24, 2.45) is 10.9 Å². The van der Waals surface area contributed by atoms with Crippen LogP contribution in [-0.2, 0) is 9.63 Å². The van der Waals surface area contributed by atoms with E-state index in [1.165, 1.54) is 32.2 Å². The number of fused-ring (bicyclic) bond motifs is 1. The molecule has 1 heterocycles. The highest BCUT2D eigenvalue weighted by Gasteiger charge is 2.18. The van der Waals surface area contributed by atoms with E-state index < -0.39 is 18.6 Å². The predicted molar refractivity (Wildman–Crippen MR) is 107 cm³/mol. The highest BCUT2D eigenvalue weighted by Crippen LogP contribution is 2.32. The minimum absolute atomic E-state index is 0.0420. The Kier molecular flexibility index (Phi) is 6.96. The number of nitrogens with one attached hydrogen (secondary N) is 1. The van der Waals surface area contributed by atoms with Crippen molar-refractivity contribution < 1.29 is 37.4 Å². The summed E-state index contributed by atoms with van der Waals surface area (Å²) >= 11 is 0. The number of alkyl halides is 2. The molecule has 0 spiro atoms. The van der Waals surface area contributed by atoms with Crippen molar-refractivity contribution in [1.29, 1.82) is 0 Å². The van der Waals surface area contributed by atoms with Gasteiger partial charge < -0.3 is 34.8 Å². The average Bonchev–Trinajstić information content (AvgIpc) is 2.76. The van der Waals surface area contributed by atoms with Crippen LogP contribution in [-0.4, -0.2) is 44.8 Å². The normalized spacial score (nSPS) is 14.0. The van der Waals surface area contributed by atoms with E-state index in [1.54, 1.807) is 18.2 Å². The fourth-order valence-electron chi connectivity index (χ4n) is 2.62. The molecule has 3 rings (SSSR count). The van der Waals surface area contributed by atoms with Crippen LogP contribution in [0.4, 0.5) is 14.5 Å². The molecule has 31 heavy (non-hydrogen) atoms. The molecule has 0 aliphatic carbocycles. The van der Waals surface area contributed by atoms with Crippen LogP contribution in [0.15, 0.2) is 41.6 Å². The second-order valence-electron chi connectivity index (χ2n) is 6.32. The van der Waals surface area contributed by atoms with Gasteiger partial charge in [0, 0.05) is 17.3 Å². The second-order valence-corrected chi connectivity index (χ2v) is 6.32. The number of hydrogen-bond acceptors (Lipinski definition) is 7. The van der Waals surface area contributed by atoms with E-state index in [2.05, 4.69) is 15.2 Å². The molecule has 1 unspecified atom stereocenters. The summed E-state index contributed by atoms with van der Waals surface area (Å²) in [5.74, 6) is 0.481. The Morgan fingerprint density at radius 2 is 1.87 bits per heavy atom. The molecule has 1 atom stereocenters. The van der Waals surface area contributed by atoms with Crippen molar-refractivity contribution in [1.82, 2.24) is 0 Å². The first-order chi connectivity index (χ1) is 14.9. The number of nitrogens with two attached hydrogens (primary N) is 1. The van der Waals surface area contributed by atoms with Gasteiger partial charge in [-0.25, -0.2) is 0 Å². The molecule has 9 nitrogen and oxygen atoms in total. The molecule has 0 saturated heterocycles. The molecule has 1 aliphatic rings. The van der Waals surface area contributed by atoms with Crippen LogP contribution in [0.5, 0.6) is 23.0 Å². The molecule has 0 fully saturated rings. The van der Waals surface area contributed by atoms with Crippen LogP contribution >= 0.6 is 0 Å². The zero-order valence-corrected chi connectivity index (χ0v) is 16.8. The number of benzene rings is 2. The molecule has 1 amide bonds. The number of nitrogens with zero attached hydrogens (tertiary/aromatic N) is 1. The first-order valence-corrected chi connectivity index (χ1v) is 9.20. The van der Waals surface area contributed by atoms with Gasteiger partial charge in [0.2, 0.25) is 6.10 Å². The van der Waals surface area contributed by atoms with E-state index in [9.17, 15) is 13.6 Å². The van der Waals surface area contributed by atoms with Crippen molar-refractivity contribution in [2.45, 2.75) is 19.6 Å². The quantitative estimate of drug-likeness (QED) is 0.371. The zero-order chi connectivity index (χ0) is 22.4. The standard InChI is InChI=1S/C20H21F2N3O6/c1-11(19(26)24-13-4-6-14-17(10-13)29-8-7-28-14)31-25-18(23)12-3-5-15(30-20(21)22)16(9-12)27-2/h3-6,9-11,20H,7-8H2,1-2H3,(H2,23,25)(H,24,26). The van der Waals surface area contributed by atoms with Gasteiger partial charge in [-0.05, 0) is 37.3 Å². The van der Waals surface area contributed by atoms with Crippen LogP contribution in [0.2, 0.25) is 0 Å². The molecule has 0 saturated carbocycles. The summed E-state index contributed by atoms with van der Waals surface area (Å²) < 4.78 is 45.1. The third-order valence-electron chi connectivity index (χ3n) is 4.16. The van der Waals surface area contributed by atoms with Crippen LogP contribution < -0.4 is 30.0 Å². The first-order valence-electron chi connectivity index (χ1n) is 9.20. The number of oxime groups is 1. The number of ether oxygens (including phenoxy) is 4. The first kappa shape index (κ1) is 21.9. The number of rotatable bonds is 8. The van der Waals surface area contributed by atoms with Gasteiger partial charge in [-0.2, -0.15) is 8.78 Å². The zero-order valence-electron chi connectivity index (χ0n) is 16.8. The monoisotopic (exact) mass is 437 g/mol. The lowest BCUT2D eigenvalue weighted by atomic mass is 10.2. The van der Waals surface area contributed by atoms with E-state index in [1.807, 2.05) is 0 Å². The van der Waals surface area contributed by atoms with Gasteiger partial charge in [-0.15, -0.1) is 0 Å². The molecular weight excluding hydrogens is 416 g/mol. The maximum absolute atomic E-state index is 12.4. The number of hydrogen-bond donors (Lipinski definition) is 2. The predicted octanol–water partition coefficient (Wildman–Crippen LogP) is 2.73. The van der Waals surface area contributed by atoms with Crippen LogP contribution in [0.1, 0.15) is 12.5 Å². The van der Waals surface area contributed by atoms with Crippen molar-refractivity contribution in [3.05, 3.63) is 42.0 Å². The smallest absolute Gasteiger partial charge is 0.387 e. The lowest BCUT2D eigenvalue weighted by molar-refractivity contribution is -0.126. The van der Waals surface area contributed by atoms with Gasteiger partial charge in [0.15, 0.2) is 28.8 Å². The third-order valence-corrected chi connectivity index (χ3v) is 4.16. The Labute approximate surface area is 176 Å². The lowest BCUT2D eigenvalue weighted by Crippen LogP contribution is -2.27. The molecule has 0 radical (unpaired) electrons. The number of carbonyl (C=O) groups is 1. The van der Waals surface area contributed by atoms with Crippen LogP contribution in [0.3, 0.4) is 0 Å². The second kappa shape index (κ2) is 9.83. The Morgan fingerprint density at radius 3 is 2.58 bits per heavy atom. The molecule has 166 valence electrons. The van der Waals surface area contributed by atoms with E-state index in [0.29, 0.717) is 36.0 Å². The van der Waals surface area contributed by atoms with Crippen LogP contribution in [0.25, 0.3) is 0 Å². The van der Waals surface area contributed by atoms with Crippen molar-refractivity contribution in [3.8, 4) is 23.0 Å². The minimum Gasteiger partial charge on any atom is -0.493 e. The fourth-order valence-corrected chi connectivity index (χ4v) is 2.62. The topological polar surface area (TPSA) is 114 Å². The third kappa shape index (κ3) is 5.65. The SMILES string of the molecule is COc1cc(/C(N)=N/OC(C)C(=O)Nc2ccc3c(c2)OCCO3)ccc1OC(F)F. The summed E-state index contributed by atoms with van der Waals surface area (Å²) in [5.41, 5.74) is 6.70. The van der Waals surface area contributed by atoms with Gasteiger partial charge in [-0.3, -0.25) is 4.79 Å². The Balaban J connectivity index is 1.62. The molecule has 0 bridgehead atoms. The summed E-state index contributed by atoms with van der Waals surface area (Å²) in [6, 6.07) is 9.04. The molecule has 2 aromatic carbocycles. The Bertz CT molecular complexity index is 970.